The van der Waals surface area contributed by atoms with E-state index in [0.29, 0.717) is 35.3 Å². The van der Waals surface area contributed by atoms with E-state index in [1.54, 1.807) is 12.1 Å². The van der Waals surface area contributed by atoms with Gasteiger partial charge in [-0.3, -0.25) is 0 Å². The number of benzene rings is 2. The smallest absolute Gasteiger partial charge is 0.179 e. The Bertz CT molecular complexity index is 644. The number of oxime groups is 1. The lowest BCUT2D eigenvalue weighted by atomic mass is 10.1. The third kappa shape index (κ3) is 5.18. The normalized spacial score (nSPS) is 10.9. The monoisotopic (exact) mass is 333 g/mol. The van der Waals surface area contributed by atoms with Crippen LogP contribution in [0.3, 0.4) is 0 Å². The van der Waals surface area contributed by atoms with Gasteiger partial charge in [0.25, 0.3) is 0 Å². The van der Waals surface area contributed by atoms with Crippen LogP contribution in [-0.4, -0.2) is 24.6 Å². The van der Waals surface area contributed by atoms with Gasteiger partial charge < -0.3 is 14.7 Å². The lowest BCUT2D eigenvalue weighted by molar-refractivity contribution is 0.273. The second-order valence-electron chi connectivity index (χ2n) is 4.95. The van der Waals surface area contributed by atoms with Gasteiger partial charge in [0.15, 0.2) is 11.5 Å². The quantitative estimate of drug-likeness (QED) is 0.333. The van der Waals surface area contributed by atoms with Crippen molar-refractivity contribution in [2.24, 2.45) is 5.16 Å². The topological polar surface area (TPSA) is 51.0 Å². The minimum atomic E-state index is 0.436. The summed E-state index contributed by atoms with van der Waals surface area (Å²) in [6, 6.07) is 13.7. The maximum Gasteiger partial charge on any atom is 0.179 e. The van der Waals surface area contributed by atoms with Crippen LogP contribution in [0.1, 0.15) is 24.5 Å². The molecule has 0 unspecified atom stereocenters. The Morgan fingerprint density at radius 3 is 2.65 bits per heavy atom. The molecule has 0 aliphatic carbocycles. The molecule has 0 aliphatic rings. The Kier molecular flexibility index (Phi) is 6.76. The Hall–Kier alpha value is -2.20. The summed E-state index contributed by atoms with van der Waals surface area (Å²) in [7, 11) is 0. The van der Waals surface area contributed by atoms with Crippen molar-refractivity contribution in [1.82, 2.24) is 0 Å². The first-order valence-electron chi connectivity index (χ1n) is 7.55. The van der Waals surface area contributed by atoms with E-state index in [-0.39, 0.29) is 0 Å². The molecular formula is C18H20ClNO3. The average molecular weight is 334 g/mol. The van der Waals surface area contributed by atoms with Gasteiger partial charge in [0.1, 0.15) is 0 Å². The molecule has 2 rings (SSSR count). The molecule has 4 nitrogen and oxygen atoms in total. The van der Waals surface area contributed by atoms with Gasteiger partial charge >= 0.3 is 0 Å². The molecule has 0 saturated carbocycles. The van der Waals surface area contributed by atoms with Crippen molar-refractivity contribution in [2.75, 3.05) is 13.2 Å². The van der Waals surface area contributed by atoms with Crippen LogP contribution in [0.4, 0.5) is 0 Å². The lowest BCUT2D eigenvalue weighted by Crippen LogP contribution is -2.03. The van der Waals surface area contributed by atoms with Crippen molar-refractivity contribution in [2.45, 2.75) is 19.8 Å². The first-order valence-corrected chi connectivity index (χ1v) is 7.93. The van der Waals surface area contributed by atoms with E-state index >= 15 is 0 Å². The van der Waals surface area contributed by atoms with Crippen LogP contribution in [0.25, 0.3) is 0 Å². The van der Waals surface area contributed by atoms with E-state index in [4.69, 9.17) is 26.3 Å². The van der Waals surface area contributed by atoms with Gasteiger partial charge in [-0.05, 0) is 37.5 Å². The largest absolute Gasteiger partial charge is 0.490 e. The molecule has 0 atom stereocenters. The van der Waals surface area contributed by atoms with Crippen LogP contribution in [-0.2, 0) is 6.42 Å². The van der Waals surface area contributed by atoms with E-state index in [1.807, 2.05) is 25.1 Å². The molecule has 0 fully saturated rings. The fourth-order valence-electron chi connectivity index (χ4n) is 2.23. The van der Waals surface area contributed by atoms with Gasteiger partial charge in [-0.2, -0.15) is 0 Å². The van der Waals surface area contributed by atoms with Gasteiger partial charge in [-0.1, -0.05) is 47.1 Å². The number of hydrogen-bond acceptors (Lipinski definition) is 4. The highest BCUT2D eigenvalue weighted by Gasteiger charge is 2.12. The van der Waals surface area contributed by atoms with Crippen molar-refractivity contribution in [3.63, 3.8) is 0 Å². The average Bonchev–Trinajstić information content (AvgIpc) is 2.55. The van der Waals surface area contributed by atoms with Crippen molar-refractivity contribution in [3.05, 3.63) is 58.6 Å². The molecule has 1 N–H and O–H groups in total. The Morgan fingerprint density at radius 1 is 1.17 bits per heavy atom. The zero-order valence-electron chi connectivity index (χ0n) is 13.0. The summed E-state index contributed by atoms with van der Waals surface area (Å²) in [5.41, 5.74) is 1.93. The molecule has 0 radical (unpaired) electrons. The number of nitrogens with zero attached hydrogens (tertiary/aromatic N) is 1. The highest BCUT2D eigenvalue weighted by molar-refractivity contribution is 6.32. The number of ether oxygens (including phenoxy) is 2. The summed E-state index contributed by atoms with van der Waals surface area (Å²) in [6.45, 7) is 2.93. The summed E-state index contributed by atoms with van der Waals surface area (Å²) in [5, 5.41) is 12.1. The third-order valence-corrected chi connectivity index (χ3v) is 3.52. The zero-order valence-corrected chi connectivity index (χ0v) is 13.8. The van der Waals surface area contributed by atoms with E-state index in [1.165, 1.54) is 11.8 Å². The van der Waals surface area contributed by atoms with E-state index in [0.717, 1.165) is 12.8 Å². The van der Waals surface area contributed by atoms with Gasteiger partial charge in [0.2, 0.25) is 0 Å². The zero-order chi connectivity index (χ0) is 16.5. The molecule has 0 saturated heterocycles. The second-order valence-corrected chi connectivity index (χ2v) is 5.35. The van der Waals surface area contributed by atoms with Crippen molar-refractivity contribution in [1.29, 1.82) is 0 Å². The fraction of sp³-hybridized carbons (Fsp3) is 0.278. The van der Waals surface area contributed by atoms with Gasteiger partial charge in [-0.15, -0.1) is 0 Å². The molecule has 0 aliphatic heterocycles. The van der Waals surface area contributed by atoms with Gasteiger partial charge in [0, 0.05) is 5.56 Å². The minimum Gasteiger partial charge on any atom is -0.490 e. The third-order valence-electron chi connectivity index (χ3n) is 3.24. The maximum atomic E-state index is 8.64. The first-order chi connectivity index (χ1) is 11.2. The van der Waals surface area contributed by atoms with Gasteiger partial charge in [-0.25, -0.2) is 0 Å². The molecular weight excluding hydrogens is 314 g/mol. The predicted octanol–water partition coefficient (Wildman–Crippen LogP) is 4.56. The SMILES string of the molecule is CCOc1cc(C=NO)cc(Cl)c1OCCCc1ccccc1. The summed E-state index contributed by atoms with van der Waals surface area (Å²) < 4.78 is 11.4. The number of rotatable bonds is 8. The van der Waals surface area contributed by atoms with Crippen molar-refractivity contribution >= 4 is 17.8 Å². The van der Waals surface area contributed by atoms with Crippen LogP contribution >= 0.6 is 11.6 Å². The molecule has 23 heavy (non-hydrogen) atoms. The molecule has 2 aromatic rings. The van der Waals surface area contributed by atoms with Crippen LogP contribution < -0.4 is 9.47 Å². The fourth-order valence-corrected chi connectivity index (χ4v) is 2.50. The summed E-state index contributed by atoms with van der Waals surface area (Å²) in [5.74, 6) is 1.08. The summed E-state index contributed by atoms with van der Waals surface area (Å²) >= 11 is 6.25. The molecule has 5 heteroatoms. The molecule has 0 bridgehead atoms. The second kappa shape index (κ2) is 9.06. The highest BCUT2D eigenvalue weighted by Crippen LogP contribution is 2.36. The predicted molar refractivity (Wildman–Crippen MR) is 92.3 cm³/mol. The number of halogens is 1. The summed E-state index contributed by atoms with van der Waals surface area (Å²) in [4.78, 5) is 0. The van der Waals surface area contributed by atoms with Crippen molar-refractivity contribution < 1.29 is 14.7 Å². The molecule has 0 aromatic heterocycles. The summed E-state index contributed by atoms with van der Waals surface area (Å²) in [6.07, 6.45) is 3.12. The van der Waals surface area contributed by atoms with Crippen molar-refractivity contribution in [3.8, 4) is 11.5 Å². The Morgan fingerprint density at radius 2 is 1.96 bits per heavy atom. The maximum absolute atomic E-state index is 8.64. The molecule has 122 valence electrons. The molecule has 0 amide bonds. The first kappa shape index (κ1) is 17.2. The lowest BCUT2D eigenvalue weighted by Gasteiger charge is -2.14. The van der Waals surface area contributed by atoms with E-state index in [2.05, 4.69) is 17.3 Å². The standard InChI is InChI=1S/C18H20ClNO3/c1-2-22-17-12-15(13-20-21)11-16(19)18(17)23-10-6-9-14-7-4-3-5-8-14/h3-5,7-8,11-13,21H,2,6,9-10H2,1H3. The van der Waals surface area contributed by atoms with E-state index in [9.17, 15) is 0 Å². The highest BCUT2D eigenvalue weighted by atomic mass is 35.5. The minimum absolute atomic E-state index is 0.436. The van der Waals surface area contributed by atoms with Crippen LogP contribution in [0.15, 0.2) is 47.6 Å². The van der Waals surface area contributed by atoms with Crippen LogP contribution in [0, 0.1) is 0 Å². The molecule has 0 spiro atoms. The molecule has 2 aromatic carbocycles. The van der Waals surface area contributed by atoms with Crippen LogP contribution in [0.5, 0.6) is 11.5 Å². The van der Waals surface area contributed by atoms with E-state index < -0.39 is 0 Å². The number of hydrogen-bond donors (Lipinski definition) is 1. The Balaban J connectivity index is 2.00. The molecule has 0 heterocycles. The van der Waals surface area contributed by atoms with Gasteiger partial charge in [0.05, 0.1) is 24.5 Å². The Labute approximate surface area is 141 Å². The van der Waals surface area contributed by atoms with Crippen LogP contribution in [0.2, 0.25) is 5.02 Å². The number of aryl methyl sites for hydroxylation is 1.